The van der Waals surface area contributed by atoms with E-state index in [1.54, 1.807) is 13.8 Å². The molecule has 2 aromatic rings. The van der Waals surface area contributed by atoms with Crippen molar-refractivity contribution < 1.29 is 24.2 Å². The van der Waals surface area contributed by atoms with Crippen molar-refractivity contribution in [3.63, 3.8) is 0 Å². The van der Waals surface area contributed by atoms with Crippen molar-refractivity contribution in [3.8, 4) is 11.1 Å². The molecule has 2 aromatic carbocycles. The Hall–Kier alpha value is -3.35. The lowest BCUT2D eigenvalue weighted by molar-refractivity contribution is -0.143. The van der Waals surface area contributed by atoms with Gasteiger partial charge in [-0.05, 0) is 35.6 Å². The van der Waals surface area contributed by atoms with Crippen LogP contribution in [-0.4, -0.2) is 53.7 Å². The van der Waals surface area contributed by atoms with Crippen molar-refractivity contribution in [1.29, 1.82) is 0 Å². The van der Waals surface area contributed by atoms with Crippen LogP contribution in [-0.2, 0) is 14.3 Å². The van der Waals surface area contributed by atoms with Crippen LogP contribution < -0.4 is 5.32 Å². The second-order valence-corrected chi connectivity index (χ2v) is 8.43. The third-order valence-corrected chi connectivity index (χ3v) is 6.12. The van der Waals surface area contributed by atoms with Crippen LogP contribution in [0.25, 0.3) is 11.1 Å². The van der Waals surface area contributed by atoms with E-state index in [-0.39, 0.29) is 25.0 Å². The number of hydrogen-bond acceptors (Lipinski definition) is 4. The van der Waals surface area contributed by atoms with E-state index in [0.29, 0.717) is 19.4 Å². The predicted molar refractivity (Wildman–Crippen MR) is 126 cm³/mol. The lowest BCUT2D eigenvalue weighted by Gasteiger charge is -2.28. The van der Waals surface area contributed by atoms with Crippen LogP contribution in [0, 0.1) is 5.92 Å². The molecule has 176 valence electrons. The normalized spacial score (nSPS) is 14.0. The molecule has 0 radical (unpaired) electrons. The highest BCUT2D eigenvalue weighted by molar-refractivity contribution is 5.86. The van der Waals surface area contributed by atoms with Gasteiger partial charge < -0.3 is 20.1 Å². The lowest BCUT2D eigenvalue weighted by Crippen LogP contribution is -2.50. The highest BCUT2D eigenvalue weighted by atomic mass is 16.5. The number of fused-ring (bicyclic) bond motifs is 3. The number of carboxylic acid groups (broad SMARTS) is 1. The van der Waals surface area contributed by atoms with Gasteiger partial charge in [0.1, 0.15) is 12.6 Å². The van der Waals surface area contributed by atoms with Gasteiger partial charge in [-0.1, -0.05) is 68.8 Å². The Morgan fingerprint density at radius 3 is 2.12 bits per heavy atom. The summed E-state index contributed by atoms with van der Waals surface area (Å²) in [5.41, 5.74) is 4.53. The fraction of sp³-hybridized carbons (Fsp3) is 0.423. The van der Waals surface area contributed by atoms with E-state index in [9.17, 15) is 19.5 Å². The van der Waals surface area contributed by atoms with Crippen LogP contribution in [0.1, 0.15) is 50.7 Å². The summed E-state index contributed by atoms with van der Waals surface area (Å²) in [5, 5.41) is 11.9. The molecular formula is C26H32N2O5. The molecule has 2 N–H and O–H groups in total. The van der Waals surface area contributed by atoms with Crippen molar-refractivity contribution >= 4 is 18.0 Å². The van der Waals surface area contributed by atoms with Crippen molar-refractivity contribution in [3.05, 3.63) is 59.7 Å². The number of rotatable bonds is 10. The number of ether oxygens (including phenoxy) is 1. The van der Waals surface area contributed by atoms with Crippen molar-refractivity contribution in [2.75, 3.05) is 19.7 Å². The second kappa shape index (κ2) is 11.0. The van der Waals surface area contributed by atoms with Gasteiger partial charge in [0.25, 0.3) is 0 Å². The van der Waals surface area contributed by atoms with E-state index in [1.165, 1.54) is 4.90 Å². The molecule has 3 rings (SSSR count). The van der Waals surface area contributed by atoms with Crippen LogP contribution in [0.3, 0.4) is 0 Å². The maximum atomic E-state index is 13.0. The number of hydrogen-bond donors (Lipinski definition) is 2. The van der Waals surface area contributed by atoms with Crippen LogP contribution >= 0.6 is 0 Å². The van der Waals surface area contributed by atoms with Gasteiger partial charge in [0, 0.05) is 19.0 Å². The number of benzene rings is 2. The van der Waals surface area contributed by atoms with Gasteiger partial charge in [-0.3, -0.25) is 9.59 Å². The number of carboxylic acids is 1. The van der Waals surface area contributed by atoms with E-state index < -0.39 is 24.0 Å². The monoisotopic (exact) mass is 452 g/mol. The van der Waals surface area contributed by atoms with E-state index in [0.717, 1.165) is 22.3 Å². The molecule has 7 heteroatoms. The molecule has 0 heterocycles. The van der Waals surface area contributed by atoms with E-state index in [2.05, 4.69) is 17.4 Å². The largest absolute Gasteiger partial charge is 0.481 e. The molecule has 0 saturated heterocycles. The minimum Gasteiger partial charge on any atom is -0.481 e. The first-order valence-corrected chi connectivity index (χ1v) is 11.5. The summed E-state index contributed by atoms with van der Waals surface area (Å²) in [6, 6.07) is 15.4. The van der Waals surface area contributed by atoms with E-state index in [4.69, 9.17) is 4.74 Å². The third-order valence-electron chi connectivity index (χ3n) is 6.12. The van der Waals surface area contributed by atoms with Gasteiger partial charge in [-0.15, -0.1) is 0 Å². The molecular weight excluding hydrogens is 420 g/mol. The number of amides is 2. The van der Waals surface area contributed by atoms with Gasteiger partial charge in [0.15, 0.2) is 0 Å². The van der Waals surface area contributed by atoms with Crippen LogP contribution in [0.2, 0.25) is 0 Å². The Morgan fingerprint density at radius 2 is 1.61 bits per heavy atom. The van der Waals surface area contributed by atoms with Gasteiger partial charge in [0.2, 0.25) is 5.91 Å². The molecule has 1 aliphatic carbocycles. The fourth-order valence-electron chi connectivity index (χ4n) is 4.33. The smallest absolute Gasteiger partial charge is 0.407 e. The first-order chi connectivity index (χ1) is 15.9. The summed E-state index contributed by atoms with van der Waals surface area (Å²) in [6.45, 7) is 5.91. The van der Waals surface area contributed by atoms with Crippen molar-refractivity contribution in [2.24, 2.45) is 5.92 Å². The molecule has 0 bridgehead atoms. The van der Waals surface area contributed by atoms with Gasteiger partial charge in [0.05, 0.1) is 5.92 Å². The molecule has 7 nitrogen and oxygen atoms in total. The molecule has 0 aromatic heterocycles. The average molecular weight is 453 g/mol. The molecule has 0 spiro atoms. The zero-order valence-corrected chi connectivity index (χ0v) is 19.4. The molecule has 2 atom stereocenters. The van der Waals surface area contributed by atoms with Crippen LogP contribution in [0.4, 0.5) is 4.79 Å². The Kier molecular flexibility index (Phi) is 8.09. The topological polar surface area (TPSA) is 95.9 Å². The summed E-state index contributed by atoms with van der Waals surface area (Å²) in [7, 11) is 0. The SMILES string of the molecule is CCC[C@@H](NC(=O)OCC1c2ccccc2-c2ccccc21)C(=O)N(CC)CC(C)C(=O)O. The summed E-state index contributed by atoms with van der Waals surface area (Å²) in [4.78, 5) is 38.3. The standard InChI is InChI=1S/C26H32N2O5/c1-4-10-23(24(29)28(5-2)15-17(3)25(30)31)27-26(32)33-16-22-20-13-8-6-11-18(20)19-12-7-9-14-21(19)22/h6-9,11-14,17,22-23H,4-5,10,15-16H2,1-3H3,(H,27,32)(H,30,31)/t17?,23-/m1/s1. The number of nitrogens with one attached hydrogen (secondary N) is 1. The van der Waals surface area contributed by atoms with Gasteiger partial charge >= 0.3 is 12.1 Å². The maximum Gasteiger partial charge on any atom is 0.407 e. The van der Waals surface area contributed by atoms with Gasteiger partial charge in [-0.2, -0.15) is 0 Å². The molecule has 33 heavy (non-hydrogen) atoms. The highest BCUT2D eigenvalue weighted by Gasteiger charge is 2.31. The zero-order valence-electron chi connectivity index (χ0n) is 19.4. The van der Waals surface area contributed by atoms with Crippen LogP contribution in [0.5, 0.6) is 0 Å². The predicted octanol–water partition coefficient (Wildman–Crippen LogP) is 4.26. The zero-order chi connectivity index (χ0) is 24.0. The fourth-order valence-corrected chi connectivity index (χ4v) is 4.33. The molecule has 1 aliphatic rings. The second-order valence-electron chi connectivity index (χ2n) is 8.43. The maximum absolute atomic E-state index is 13.0. The minimum atomic E-state index is -0.960. The molecule has 0 fully saturated rings. The van der Waals surface area contributed by atoms with Crippen molar-refractivity contribution in [1.82, 2.24) is 10.2 Å². The number of carbonyl (C=O) groups excluding carboxylic acids is 2. The van der Waals surface area contributed by atoms with E-state index in [1.807, 2.05) is 43.3 Å². The third kappa shape index (κ3) is 5.53. The molecule has 2 amide bonds. The lowest BCUT2D eigenvalue weighted by atomic mass is 9.98. The molecule has 1 unspecified atom stereocenters. The first-order valence-electron chi connectivity index (χ1n) is 11.5. The summed E-state index contributed by atoms with van der Waals surface area (Å²) < 4.78 is 5.58. The number of likely N-dealkylation sites (N-methyl/N-ethyl adjacent to an activating group) is 1. The first kappa shape index (κ1) is 24.3. The minimum absolute atomic E-state index is 0.0629. The van der Waals surface area contributed by atoms with Crippen LogP contribution in [0.15, 0.2) is 48.5 Å². The number of carbonyl (C=O) groups is 3. The molecule has 0 aliphatic heterocycles. The Morgan fingerprint density at radius 1 is 1.03 bits per heavy atom. The highest BCUT2D eigenvalue weighted by Crippen LogP contribution is 2.44. The Balaban J connectivity index is 1.66. The number of alkyl carbamates (subject to hydrolysis) is 1. The van der Waals surface area contributed by atoms with Crippen molar-refractivity contribution in [2.45, 2.75) is 45.6 Å². The average Bonchev–Trinajstić information content (AvgIpc) is 3.14. The number of nitrogens with zero attached hydrogens (tertiary/aromatic N) is 1. The quantitative estimate of drug-likeness (QED) is 0.561. The Bertz CT molecular complexity index is 960. The summed E-state index contributed by atoms with van der Waals surface area (Å²) in [6.07, 6.45) is 0.485. The Labute approximate surface area is 194 Å². The number of aliphatic carboxylic acids is 1. The molecule has 0 saturated carbocycles. The summed E-state index contributed by atoms with van der Waals surface area (Å²) in [5.74, 6) is -2.00. The summed E-state index contributed by atoms with van der Waals surface area (Å²) >= 11 is 0. The van der Waals surface area contributed by atoms with Gasteiger partial charge in [-0.25, -0.2) is 4.79 Å². The van der Waals surface area contributed by atoms with E-state index >= 15 is 0 Å².